The third-order valence-corrected chi connectivity index (χ3v) is 4.45. The van der Waals surface area contributed by atoms with Gasteiger partial charge in [-0.3, -0.25) is 14.5 Å². The Morgan fingerprint density at radius 2 is 2.26 bits per heavy atom. The van der Waals surface area contributed by atoms with E-state index >= 15 is 0 Å². The molecule has 7 heteroatoms. The Balaban J connectivity index is 2.05. The van der Waals surface area contributed by atoms with E-state index in [1.165, 1.54) is 16.7 Å². The molecule has 0 atom stereocenters. The van der Waals surface area contributed by atoms with Crippen molar-refractivity contribution in [2.75, 3.05) is 13.7 Å². The summed E-state index contributed by atoms with van der Waals surface area (Å²) in [6.45, 7) is 0.0942. The molecule has 0 bridgehead atoms. The number of benzene rings is 1. The van der Waals surface area contributed by atoms with Crippen molar-refractivity contribution in [1.82, 2.24) is 4.90 Å². The highest BCUT2D eigenvalue weighted by Crippen LogP contribution is 2.31. The van der Waals surface area contributed by atoms with Gasteiger partial charge in [-0.15, -0.1) is 0 Å². The standard InChI is InChI=1S/C16H15NO4S2/c1-21-12-6-2-4-11(10-12)5-3-7-13-15(20)17(16(22)23-13)9-8-14(18)19/h2-7,10H,8-9H2,1H3,(H,18,19). The molecule has 0 spiro atoms. The molecule has 23 heavy (non-hydrogen) atoms. The predicted octanol–water partition coefficient (Wildman–Crippen LogP) is 2.93. The molecule has 0 radical (unpaired) electrons. The number of ether oxygens (including phenoxy) is 1. The molecule has 1 saturated heterocycles. The van der Waals surface area contributed by atoms with Gasteiger partial charge in [0.15, 0.2) is 0 Å². The lowest BCUT2D eigenvalue weighted by atomic mass is 10.2. The third kappa shape index (κ3) is 4.67. The number of carboxylic acid groups (broad SMARTS) is 1. The van der Waals surface area contributed by atoms with E-state index in [0.29, 0.717) is 9.23 Å². The average molecular weight is 349 g/mol. The number of amides is 1. The maximum atomic E-state index is 12.2. The number of carbonyl (C=O) groups is 2. The number of thiocarbonyl (C=S) groups is 1. The smallest absolute Gasteiger partial charge is 0.305 e. The predicted molar refractivity (Wildman–Crippen MR) is 94.3 cm³/mol. The van der Waals surface area contributed by atoms with Gasteiger partial charge in [0.25, 0.3) is 5.91 Å². The first kappa shape index (κ1) is 17.2. The van der Waals surface area contributed by atoms with Gasteiger partial charge in [0.2, 0.25) is 0 Å². The van der Waals surface area contributed by atoms with Crippen LogP contribution < -0.4 is 4.74 Å². The van der Waals surface area contributed by atoms with Crippen LogP contribution in [-0.2, 0) is 9.59 Å². The zero-order valence-electron chi connectivity index (χ0n) is 12.4. The van der Waals surface area contributed by atoms with Crippen molar-refractivity contribution in [1.29, 1.82) is 0 Å². The minimum atomic E-state index is -0.957. The lowest BCUT2D eigenvalue weighted by Crippen LogP contribution is -2.30. The highest BCUT2D eigenvalue weighted by atomic mass is 32.2. The number of hydrogen-bond donors (Lipinski definition) is 1. The molecule has 1 aromatic carbocycles. The Morgan fingerprint density at radius 3 is 2.96 bits per heavy atom. The molecular formula is C16H15NO4S2. The Kier molecular flexibility index (Phi) is 5.95. The summed E-state index contributed by atoms with van der Waals surface area (Å²) in [5.74, 6) is -0.454. The summed E-state index contributed by atoms with van der Waals surface area (Å²) in [6, 6.07) is 7.53. The molecule has 5 nitrogen and oxygen atoms in total. The molecule has 0 saturated carbocycles. The van der Waals surface area contributed by atoms with E-state index in [4.69, 9.17) is 22.1 Å². The fourth-order valence-corrected chi connectivity index (χ4v) is 3.17. The van der Waals surface area contributed by atoms with E-state index < -0.39 is 5.97 Å². The summed E-state index contributed by atoms with van der Waals surface area (Å²) in [5.41, 5.74) is 0.946. The van der Waals surface area contributed by atoms with E-state index in [9.17, 15) is 9.59 Å². The molecule has 1 N–H and O–H groups in total. The van der Waals surface area contributed by atoms with Crippen molar-refractivity contribution >= 4 is 46.3 Å². The highest BCUT2D eigenvalue weighted by Gasteiger charge is 2.31. The van der Waals surface area contributed by atoms with Crippen molar-refractivity contribution in [2.45, 2.75) is 6.42 Å². The van der Waals surface area contributed by atoms with E-state index in [1.807, 2.05) is 30.3 Å². The number of allylic oxidation sites excluding steroid dienone is 2. The highest BCUT2D eigenvalue weighted by molar-refractivity contribution is 8.26. The zero-order valence-corrected chi connectivity index (χ0v) is 14.0. The molecule has 1 amide bonds. The van der Waals surface area contributed by atoms with Crippen LogP contribution >= 0.6 is 24.0 Å². The normalized spacial score (nSPS) is 16.6. The number of nitrogens with zero attached hydrogens (tertiary/aromatic N) is 1. The second kappa shape index (κ2) is 7.94. The van der Waals surface area contributed by atoms with Gasteiger partial charge in [0, 0.05) is 6.54 Å². The number of thioether (sulfide) groups is 1. The van der Waals surface area contributed by atoms with Crippen LogP contribution in [0.15, 0.2) is 41.3 Å². The molecule has 2 rings (SSSR count). The number of carboxylic acids is 1. The molecular weight excluding hydrogens is 334 g/mol. The topological polar surface area (TPSA) is 66.8 Å². The third-order valence-electron chi connectivity index (χ3n) is 3.05. The van der Waals surface area contributed by atoms with Gasteiger partial charge >= 0.3 is 5.97 Å². The molecule has 1 fully saturated rings. The molecule has 0 aliphatic carbocycles. The maximum absolute atomic E-state index is 12.2. The second-order valence-corrected chi connectivity index (χ2v) is 6.31. The first-order chi connectivity index (χ1) is 11.0. The summed E-state index contributed by atoms with van der Waals surface area (Å²) in [4.78, 5) is 24.6. The van der Waals surface area contributed by atoms with Crippen LogP contribution in [0.5, 0.6) is 5.75 Å². The van der Waals surface area contributed by atoms with Gasteiger partial charge in [-0.2, -0.15) is 0 Å². The Bertz CT molecular complexity index is 697. The number of methoxy groups -OCH3 is 1. The van der Waals surface area contributed by atoms with Crippen LogP contribution in [0.4, 0.5) is 0 Å². The van der Waals surface area contributed by atoms with Crippen LogP contribution in [0.25, 0.3) is 6.08 Å². The van der Waals surface area contributed by atoms with E-state index in [-0.39, 0.29) is 18.9 Å². The molecule has 1 aromatic rings. The van der Waals surface area contributed by atoms with Gasteiger partial charge in [-0.1, -0.05) is 48.3 Å². The SMILES string of the molecule is COc1cccc(C=CC=C2SC(=S)N(CCC(=O)O)C2=O)c1. The molecule has 1 aliphatic rings. The average Bonchev–Trinajstić information content (AvgIpc) is 2.79. The zero-order chi connectivity index (χ0) is 16.8. The van der Waals surface area contributed by atoms with Crippen LogP contribution in [0.3, 0.4) is 0 Å². The van der Waals surface area contributed by atoms with Crippen molar-refractivity contribution in [3.63, 3.8) is 0 Å². The fraction of sp³-hybridized carbons (Fsp3) is 0.188. The number of hydrogen-bond acceptors (Lipinski definition) is 5. The van der Waals surface area contributed by atoms with Gasteiger partial charge in [-0.25, -0.2) is 0 Å². The van der Waals surface area contributed by atoms with Gasteiger partial charge in [0.05, 0.1) is 18.4 Å². The molecule has 1 aliphatic heterocycles. The van der Waals surface area contributed by atoms with Gasteiger partial charge < -0.3 is 9.84 Å². The summed E-state index contributed by atoms with van der Waals surface area (Å²) in [7, 11) is 1.60. The van der Waals surface area contributed by atoms with E-state index in [1.54, 1.807) is 19.3 Å². The quantitative estimate of drug-likeness (QED) is 0.629. The van der Waals surface area contributed by atoms with Crippen molar-refractivity contribution < 1.29 is 19.4 Å². The largest absolute Gasteiger partial charge is 0.497 e. The first-order valence-corrected chi connectivity index (χ1v) is 8.01. The number of rotatable bonds is 6. The number of carbonyl (C=O) groups excluding carboxylic acids is 1. The van der Waals surface area contributed by atoms with Crippen LogP contribution in [-0.4, -0.2) is 39.9 Å². The van der Waals surface area contributed by atoms with E-state index in [2.05, 4.69) is 0 Å². The Labute approximate surface area is 143 Å². The molecule has 120 valence electrons. The van der Waals surface area contributed by atoms with Crippen molar-refractivity contribution in [3.8, 4) is 5.75 Å². The summed E-state index contributed by atoms with van der Waals surface area (Å²) in [5, 5.41) is 8.70. The lowest BCUT2D eigenvalue weighted by molar-refractivity contribution is -0.137. The van der Waals surface area contributed by atoms with Crippen molar-refractivity contribution in [3.05, 3.63) is 46.9 Å². The summed E-state index contributed by atoms with van der Waals surface area (Å²) in [6.07, 6.45) is 5.17. The second-order valence-electron chi connectivity index (χ2n) is 4.64. The lowest BCUT2D eigenvalue weighted by Gasteiger charge is -2.12. The van der Waals surface area contributed by atoms with E-state index in [0.717, 1.165) is 11.3 Å². The summed E-state index contributed by atoms with van der Waals surface area (Å²) < 4.78 is 5.53. The minimum Gasteiger partial charge on any atom is -0.497 e. The van der Waals surface area contributed by atoms with Crippen LogP contribution in [0.2, 0.25) is 0 Å². The van der Waals surface area contributed by atoms with Crippen LogP contribution in [0, 0.1) is 0 Å². The van der Waals surface area contributed by atoms with Crippen molar-refractivity contribution in [2.24, 2.45) is 0 Å². The van der Waals surface area contributed by atoms with Gasteiger partial charge in [0.1, 0.15) is 10.1 Å². The molecule has 0 aromatic heterocycles. The fourth-order valence-electron chi connectivity index (χ4n) is 1.91. The number of aliphatic carboxylic acids is 1. The first-order valence-electron chi connectivity index (χ1n) is 6.79. The maximum Gasteiger partial charge on any atom is 0.305 e. The Hall–Kier alpha value is -2.12. The summed E-state index contributed by atoms with van der Waals surface area (Å²) >= 11 is 6.29. The minimum absolute atomic E-state index is 0.0942. The van der Waals surface area contributed by atoms with Gasteiger partial charge in [-0.05, 0) is 23.8 Å². The molecule has 0 unspecified atom stereocenters. The monoisotopic (exact) mass is 349 g/mol. The van der Waals surface area contributed by atoms with Crippen LogP contribution in [0.1, 0.15) is 12.0 Å². The molecule has 1 heterocycles. The Morgan fingerprint density at radius 1 is 1.48 bits per heavy atom.